The molecule has 3 aromatic carbocycles. The molecule has 2 heterocycles. The van der Waals surface area contributed by atoms with Crippen LogP contribution in [0, 0.1) is 25.2 Å². The molecule has 0 radical (unpaired) electrons. The Labute approximate surface area is 412 Å². The van der Waals surface area contributed by atoms with E-state index in [4.69, 9.17) is 30.8 Å². The number of rotatable bonds is 17. The lowest BCUT2D eigenvalue weighted by molar-refractivity contribution is -0.141. The number of amides is 5. The number of carbonyl (C=O) groups is 5. The summed E-state index contributed by atoms with van der Waals surface area (Å²) in [5.41, 5.74) is 15.1. The summed E-state index contributed by atoms with van der Waals surface area (Å²) in [5, 5.41) is 24.9. The summed E-state index contributed by atoms with van der Waals surface area (Å²) in [6, 6.07) is 11.4. The maximum absolute atomic E-state index is 14.9. The van der Waals surface area contributed by atoms with Crippen LogP contribution in [0.1, 0.15) is 72.2 Å². The Morgan fingerprint density at radius 2 is 1.54 bits per heavy atom. The van der Waals surface area contributed by atoms with E-state index in [1.54, 1.807) is 38.1 Å². The number of carbonyl (C=O) groups excluding carboxylic acids is 5. The van der Waals surface area contributed by atoms with Crippen LogP contribution in [0.15, 0.2) is 54.6 Å². The molecule has 0 spiro atoms. The van der Waals surface area contributed by atoms with Crippen molar-refractivity contribution in [3.63, 3.8) is 0 Å². The average molecular weight is 999 g/mol. The van der Waals surface area contributed by atoms with Crippen molar-refractivity contribution in [3.05, 3.63) is 88.2 Å². The molecule has 5 rings (SSSR count). The second kappa shape index (κ2) is 23.6. The lowest BCUT2D eigenvalue weighted by Crippen LogP contribution is -2.57. The van der Waals surface area contributed by atoms with E-state index in [2.05, 4.69) is 56.7 Å². The topological polar surface area (TPSA) is 338 Å². The first-order chi connectivity index (χ1) is 33.5. The number of likely N-dealkylation sites (N-methyl/N-ethyl adjacent to an activating group) is 1. The summed E-state index contributed by atoms with van der Waals surface area (Å²) >= 11 is 0. The third-order valence-corrected chi connectivity index (χ3v) is 12.0. The van der Waals surface area contributed by atoms with E-state index in [0.29, 0.717) is 28.1 Å². The molecule has 1 aliphatic heterocycles. The lowest BCUT2D eigenvalue weighted by Gasteiger charge is -2.33. The van der Waals surface area contributed by atoms with Crippen LogP contribution in [-0.4, -0.2) is 124 Å². The number of fused-ring (bicyclic) bond motifs is 5. The highest BCUT2D eigenvalue weighted by molar-refractivity contribution is 7.87. The summed E-state index contributed by atoms with van der Waals surface area (Å²) in [6.07, 6.45) is -0.167. The van der Waals surface area contributed by atoms with Gasteiger partial charge in [0, 0.05) is 55.9 Å². The predicted molar refractivity (Wildman–Crippen MR) is 263 cm³/mol. The number of hydrogen-bond donors (Lipinski definition) is 8. The number of hydrogen-bond acceptors (Lipinski definition) is 15. The first-order valence-electron chi connectivity index (χ1n) is 22.6. The molecule has 1 aromatic heterocycles. The molecule has 0 saturated carbocycles. The maximum Gasteiger partial charge on any atom is 0.274 e. The summed E-state index contributed by atoms with van der Waals surface area (Å²) in [6.45, 7) is 10.1. The minimum atomic E-state index is -4.45. The number of nitrogens with one attached hydrogen (secondary N) is 5. The average Bonchev–Trinajstić information content (AvgIpc) is 3.31. The van der Waals surface area contributed by atoms with Gasteiger partial charge in [0.1, 0.15) is 61.2 Å². The van der Waals surface area contributed by atoms with Gasteiger partial charge < -0.3 is 51.8 Å². The van der Waals surface area contributed by atoms with Crippen LogP contribution < -0.4 is 56.8 Å². The first-order valence-corrected chi connectivity index (χ1v) is 24.1. The van der Waals surface area contributed by atoms with Gasteiger partial charge in [0.05, 0.1) is 30.1 Å². The monoisotopic (exact) mass is 998 g/mol. The fourth-order valence-electron chi connectivity index (χ4n) is 7.85. The molecule has 380 valence electrons. The van der Waals surface area contributed by atoms with Crippen molar-refractivity contribution in [1.82, 2.24) is 40.9 Å². The molecule has 23 heteroatoms. The Kier molecular flexibility index (Phi) is 18.2. The Bertz CT molecular complexity index is 2770. The van der Waals surface area contributed by atoms with Crippen LogP contribution in [0.5, 0.6) is 17.2 Å². The van der Waals surface area contributed by atoms with Gasteiger partial charge in [-0.05, 0) is 61.1 Å². The standard InChI is InChI=1S/C48H62N12O10S/c1-26-40(27(2)56-42(55-26)29-9-12-32(13-10-29)48(4,5)6)45(63)59-36(25-54-71(52,66)67)47(65)60(7)41-30-11-14-37(69-19-16-50)33(21-30)34-22-31(38(70-20-17-51)24-39(34)68-8)23-35(44(62)53-18-15-49)58-43(61)28(3)57-46(41)64/h9-14,21-22,24,28,35-36,41,54H,16-20,23,25,50-51H2,1-8H3,(H,53,62)(H,57,64)(H,58,61)(H,59,63)(H2,52,66,67)/t28-,35-,36?,41-/m0/s1. The third-order valence-electron chi connectivity index (χ3n) is 11.5. The van der Waals surface area contributed by atoms with Gasteiger partial charge in [-0.2, -0.15) is 18.4 Å². The second-order valence-corrected chi connectivity index (χ2v) is 19.1. The van der Waals surface area contributed by atoms with Crippen LogP contribution in [0.2, 0.25) is 0 Å². The highest BCUT2D eigenvalue weighted by Gasteiger charge is 2.37. The summed E-state index contributed by atoms with van der Waals surface area (Å²) in [4.78, 5) is 81.4. The fourth-order valence-corrected chi connectivity index (χ4v) is 8.25. The largest absolute Gasteiger partial charge is 0.496 e. The van der Waals surface area contributed by atoms with Crippen LogP contribution in [-0.2, 0) is 41.2 Å². The van der Waals surface area contributed by atoms with E-state index in [-0.39, 0.29) is 84.4 Å². The normalized spacial score (nSPS) is 16.5. The van der Waals surface area contributed by atoms with Gasteiger partial charge in [-0.1, -0.05) is 51.1 Å². The smallest absolute Gasteiger partial charge is 0.274 e. The zero-order valence-electron chi connectivity index (χ0n) is 41.0. The molecule has 71 heavy (non-hydrogen) atoms. The predicted octanol–water partition coefficient (Wildman–Crippen LogP) is 0.685. The van der Waals surface area contributed by atoms with Crippen molar-refractivity contribution < 1.29 is 46.6 Å². The Morgan fingerprint density at radius 3 is 2.11 bits per heavy atom. The first kappa shape index (κ1) is 54.7. The summed E-state index contributed by atoms with van der Waals surface area (Å²) in [7, 11) is -1.79. The quantitative estimate of drug-likeness (QED) is 0.0675. The summed E-state index contributed by atoms with van der Waals surface area (Å²) in [5.74, 6) is -3.11. The highest BCUT2D eigenvalue weighted by atomic mass is 32.2. The minimum Gasteiger partial charge on any atom is -0.496 e. The molecule has 1 aliphatic rings. The minimum absolute atomic E-state index is 0.0109. The zero-order valence-corrected chi connectivity index (χ0v) is 41.8. The van der Waals surface area contributed by atoms with E-state index in [1.165, 1.54) is 27.1 Å². The second-order valence-electron chi connectivity index (χ2n) is 17.8. The molecule has 1 unspecified atom stereocenters. The molecule has 4 aromatic rings. The van der Waals surface area contributed by atoms with Gasteiger partial charge >= 0.3 is 0 Å². The van der Waals surface area contributed by atoms with Crippen molar-refractivity contribution in [2.75, 3.05) is 53.6 Å². The third kappa shape index (κ3) is 13.8. The van der Waals surface area contributed by atoms with Gasteiger partial charge in [-0.3, -0.25) is 24.0 Å². The number of nitrogens with two attached hydrogens (primary N) is 3. The number of methoxy groups -OCH3 is 1. The van der Waals surface area contributed by atoms with E-state index >= 15 is 0 Å². The molecule has 0 aliphatic carbocycles. The molecule has 4 atom stereocenters. The van der Waals surface area contributed by atoms with E-state index in [9.17, 15) is 37.7 Å². The van der Waals surface area contributed by atoms with Crippen molar-refractivity contribution in [2.24, 2.45) is 16.6 Å². The number of benzene rings is 3. The molecule has 0 saturated heterocycles. The number of ether oxygens (including phenoxy) is 3. The highest BCUT2D eigenvalue weighted by Crippen LogP contribution is 2.43. The summed E-state index contributed by atoms with van der Waals surface area (Å²) < 4.78 is 44.6. The Morgan fingerprint density at radius 1 is 0.915 bits per heavy atom. The molecular formula is C48H62N12O10S. The molecule has 5 amide bonds. The lowest BCUT2D eigenvalue weighted by atomic mass is 9.86. The maximum atomic E-state index is 14.9. The Balaban J connectivity index is 1.64. The van der Waals surface area contributed by atoms with Crippen molar-refractivity contribution in [2.45, 2.75) is 77.5 Å². The van der Waals surface area contributed by atoms with Crippen molar-refractivity contribution >= 4 is 39.7 Å². The molecule has 11 N–H and O–H groups in total. The molecular weight excluding hydrogens is 937 g/mol. The van der Waals surface area contributed by atoms with Crippen LogP contribution >= 0.6 is 0 Å². The molecule has 0 fully saturated rings. The van der Waals surface area contributed by atoms with Crippen molar-refractivity contribution in [1.29, 1.82) is 5.26 Å². The van der Waals surface area contributed by atoms with E-state index in [1.807, 2.05) is 30.3 Å². The number of nitrogens with zero attached hydrogens (tertiary/aromatic N) is 4. The number of aromatic nitrogens is 2. The van der Waals surface area contributed by atoms with E-state index in [0.717, 1.165) is 10.5 Å². The van der Waals surface area contributed by atoms with Crippen molar-refractivity contribution in [3.8, 4) is 45.8 Å². The van der Waals surface area contributed by atoms with Gasteiger partial charge in [-0.15, -0.1) is 0 Å². The zero-order chi connectivity index (χ0) is 52.4. The Hall–Kier alpha value is -7.23. The van der Waals surface area contributed by atoms with Gasteiger partial charge in [0.25, 0.3) is 16.1 Å². The molecule has 22 nitrogen and oxygen atoms in total. The fraction of sp³-hybridized carbons (Fsp3) is 0.417. The van der Waals surface area contributed by atoms with Crippen LogP contribution in [0.4, 0.5) is 0 Å². The molecule has 4 bridgehead atoms. The SMILES string of the molecule is COc1cc(OCCN)c2cc1-c1cc(ccc1OCCN)[C@H](N(C)C(=O)C(CNS(N)(=O)=O)NC(=O)c1c(C)nc(-c3ccc(C(C)(C)C)cc3)nc1C)C(=O)N[C@@H](C)C(=O)N[C@H](C(=O)NCC#N)C2. The van der Waals surface area contributed by atoms with Crippen LogP contribution in [0.3, 0.4) is 0 Å². The van der Waals surface area contributed by atoms with Gasteiger partial charge in [-0.25, -0.2) is 15.1 Å². The van der Waals surface area contributed by atoms with Gasteiger partial charge in [0.2, 0.25) is 23.6 Å². The van der Waals surface area contributed by atoms with Crippen LogP contribution in [0.25, 0.3) is 22.5 Å². The number of nitriles is 1. The van der Waals surface area contributed by atoms with E-state index < -0.39 is 70.5 Å². The number of aryl methyl sites for hydroxylation is 2. The van der Waals surface area contributed by atoms with Gasteiger partial charge in [0.15, 0.2) is 5.82 Å².